The van der Waals surface area contributed by atoms with E-state index in [4.69, 9.17) is 4.42 Å². The zero-order chi connectivity index (χ0) is 17.1. The quantitative estimate of drug-likeness (QED) is 0.687. The standard InChI is InChI=1S/C20H26N4O/c1-21-20(24-12-16-9-5-6-10-17(16)13-24)22-11-18-14-25-19(23-18)15-7-3-2-4-8-15/h2-4,7-8,14,16-17H,5-6,9-13H2,1H3,(H,21,22). The van der Waals surface area contributed by atoms with Gasteiger partial charge in [-0.25, -0.2) is 4.98 Å². The number of aliphatic imine (C=N–C) groups is 1. The zero-order valence-corrected chi connectivity index (χ0v) is 14.8. The molecule has 2 atom stereocenters. The Kier molecular flexibility index (Phi) is 4.72. The number of fused-ring (bicyclic) bond motifs is 1. The molecule has 0 amide bonds. The van der Waals surface area contributed by atoms with Gasteiger partial charge in [0.1, 0.15) is 6.26 Å². The average Bonchev–Trinajstić information content (AvgIpc) is 3.30. The molecular formula is C20H26N4O. The number of benzene rings is 1. The van der Waals surface area contributed by atoms with E-state index in [1.807, 2.05) is 37.4 Å². The van der Waals surface area contributed by atoms with Gasteiger partial charge >= 0.3 is 0 Å². The minimum Gasteiger partial charge on any atom is -0.444 e. The molecule has 132 valence electrons. The summed E-state index contributed by atoms with van der Waals surface area (Å²) in [5.41, 5.74) is 1.90. The SMILES string of the molecule is CN=C(NCc1coc(-c2ccccc2)n1)N1CC2CCCCC2C1. The van der Waals surface area contributed by atoms with Crippen LogP contribution >= 0.6 is 0 Å². The fourth-order valence-corrected chi connectivity index (χ4v) is 4.18. The normalized spacial score (nSPS) is 23.6. The van der Waals surface area contributed by atoms with Crippen molar-refractivity contribution in [1.29, 1.82) is 0 Å². The number of nitrogens with zero attached hydrogens (tertiary/aromatic N) is 3. The molecule has 5 heteroatoms. The monoisotopic (exact) mass is 338 g/mol. The van der Waals surface area contributed by atoms with Crippen LogP contribution in [0.2, 0.25) is 0 Å². The molecule has 2 fully saturated rings. The number of guanidine groups is 1. The van der Waals surface area contributed by atoms with E-state index in [-0.39, 0.29) is 0 Å². The summed E-state index contributed by atoms with van der Waals surface area (Å²) in [6.45, 7) is 2.91. The van der Waals surface area contributed by atoms with Gasteiger partial charge in [0, 0.05) is 25.7 Å². The largest absolute Gasteiger partial charge is 0.444 e. The molecule has 2 aliphatic rings. The van der Waals surface area contributed by atoms with E-state index in [1.165, 1.54) is 25.7 Å². The highest BCUT2D eigenvalue weighted by Crippen LogP contribution is 2.35. The van der Waals surface area contributed by atoms with Gasteiger partial charge in [0.15, 0.2) is 5.96 Å². The average molecular weight is 338 g/mol. The molecule has 0 spiro atoms. The van der Waals surface area contributed by atoms with Crippen LogP contribution in [0.3, 0.4) is 0 Å². The number of nitrogens with one attached hydrogen (secondary N) is 1. The molecule has 1 saturated heterocycles. The molecule has 2 heterocycles. The molecule has 1 aromatic heterocycles. The van der Waals surface area contributed by atoms with Gasteiger partial charge in [-0.15, -0.1) is 0 Å². The third-order valence-corrected chi connectivity index (χ3v) is 5.49. The Morgan fingerprint density at radius 1 is 1.20 bits per heavy atom. The van der Waals surface area contributed by atoms with E-state index >= 15 is 0 Å². The van der Waals surface area contributed by atoms with Gasteiger partial charge in [-0.3, -0.25) is 4.99 Å². The van der Waals surface area contributed by atoms with Gasteiger partial charge in [-0.2, -0.15) is 0 Å². The Balaban J connectivity index is 1.36. The summed E-state index contributed by atoms with van der Waals surface area (Å²) < 4.78 is 5.61. The van der Waals surface area contributed by atoms with Gasteiger partial charge in [-0.1, -0.05) is 31.0 Å². The summed E-state index contributed by atoms with van der Waals surface area (Å²) in [7, 11) is 1.86. The maximum atomic E-state index is 5.61. The molecule has 1 aromatic carbocycles. The lowest BCUT2D eigenvalue weighted by Crippen LogP contribution is -2.39. The topological polar surface area (TPSA) is 53.7 Å². The van der Waals surface area contributed by atoms with E-state index in [2.05, 4.69) is 20.2 Å². The van der Waals surface area contributed by atoms with Crippen LogP contribution in [0.4, 0.5) is 0 Å². The van der Waals surface area contributed by atoms with Crippen molar-refractivity contribution in [1.82, 2.24) is 15.2 Å². The highest BCUT2D eigenvalue weighted by Gasteiger charge is 2.35. The summed E-state index contributed by atoms with van der Waals surface area (Å²) in [5.74, 6) is 3.35. The minimum absolute atomic E-state index is 0.634. The minimum atomic E-state index is 0.634. The zero-order valence-electron chi connectivity index (χ0n) is 14.8. The molecule has 4 rings (SSSR count). The Morgan fingerprint density at radius 3 is 2.60 bits per heavy atom. The van der Waals surface area contributed by atoms with Crippen LogP contribution < -0.4 is 5.32 Å². The lowest BCUT2D eigenvalue weighted by Gasteiger charge is -2.22. The molecule has 5 nitrogen and oxygen atoms in total. The van der Waals surface area contributed by atoms with Crippen LogP contribution in [0.15, 0.2) is 46.0 Å². The van der Waals surface area contributed by atoms with Gasteiger partial charge in [0.25, 0.3) is 0 Å². The summed E-state index contributed by atoms with van der Waals surface area (Å²) in [6, 6.07) is 9.99. The predicted octanol–water partition coefficient (Wildman–Crippen LogP) is 3.54. The number of hydrogen-bond acceptors (Lipinski definition) is 3. The van der Waals surface area contributed by atoms with E-state index in [9.17, 15) is 0 Å². The molecule has 1 saturated carbocycles. The second kappa shape index (κ2) is 7.30. The first kappa shape index (κ1) is 16.2. The molecule has 1 aliphatic carbocycles. The van der Waals surface area contributed by atoms with Gasteiger partial charge in [-0.05, 0) is 36.8 Å². The first-order valence-electron chi connectivity index (χ1n) is 9.29. The Labute approximate surface area is 149 Å². The van der Waals surface area contributed by atoms with Crippen molar-refractivity contribution in [2.45, 2.75) is 32.2 Å². The third-order valence-electron chi connectivity index (χ3n) is 5.49. The fraction of sp³-hybridized carbons (Fsp3) is 0.500. The Morgan fingerprint density at radius 2 is 1.92 bits per heavy atom. The third kappa shape index (κ3) is 3.55. The molecule has 2 aromatic rings. The number of oxazole rings is 1. The van der Waals surface area contributed by atoms with E-state index in [0.717, 1.165) is 42.1 Å². The maximum absolute atomic E-state index is 5.61. The van der Waals surface area contributed by atoms with Crippen molar-refractivity contribution in [3.8, 4) is 11.5 Å². The molecule has 1 aliphatic heterocycles. The first-order chi connectivity index (χ1) is 12.3. The van der Waals surface area contributed by atoms with Crippen LogP contribution in [0.5, 0.6) is 0 Å². The second-order valence-corrected chi connectivity index (χ2v) is 7.12. The van der Waals surface area contributed by atoms with E-state index in [0.29, 0.717) is 12.4 Å². The van der Waals surface area contributed by atoms with Crippen molar-refractivity contribution in [3.05, 3.63) is 42.3 Å². The smallest absolute Gasteiger partial charge is 0.226 e. The highest BCUT2D eigenvalue weighted by atomic mass is 16.3. The van der Waals surface area contributed by atoms with Crippen molar-refractivity contribution < 1.29 is 4.42 Å². The fourth-order valence-electron chi connectivity index (χ4n) is 4.18. The molecule has 25 heavy (non-hydrogen) atoms. The second-order valence-electron chi connectivity index (χ2n) is 7.12. The molecule has 0 radical (unpaired) electrons. The van der Waals surface area contributed by atoms with Crippen LogP contribution in [-0.2, 0) is 6.54 Å². The van der Waals surface area contributed by atoms with Crippen molar-refractivity contribution in [2.24, 2.45) is 16.8 Å². The predicted molar refractivity (Wildman–Crippen MR) is 99.2 cm³/mol. The van der Waals surface area contributed by atoms with E-state index < -0.39 is 0 Å². The molecule has 2 unspecified atom stereocenters. The van der Waals surface area contributed by atoms with Crippen LogP contribution in [-0.4, -0.2) is 36.0 Å². The summed E-state index contributed by atoms with van der Waals surface area (Å²) in [6.07, 6.45) is 7.26. The van der Waals surface area contributed by atoms with Gasteiger partial charge in [0.05, 0.1) is 12.2 Å². The highest BCUT2D eigenvalue weighted by molar-refractivity contribution is 5.80. The maximum Gasteiger partial charge on any atom is 0.226 e. The van der Waals surface area contributed by atoms with Crippen molar-refractivity contribution in [3.63, 3.8) is 0 Å². The number of hydrogen-bond donors (Lipinski definition) is 1. The lowest BCUT2D eigenvalue weighted by molar-refractivity contribution is 0.299. The van der Waals surface area contributed by atoms with Crippen LogP contribution in [0, 0.1) is 11.8 Å². The van der Waals surface area contributed by atoms with E-state index in [1.54, 1.807) is 6.26 Å². The van der Waals surface area contributed by atoms with Gasteiger partial charge < -0.3 is 14.6 Å². The molecule has 1 N–H and O–H groups in total. The summed E-state index contributed by atoms with van der Waals surface area (Å²) in [5, 5.41) is 3.46. The number of likely N-dealkylation sites (tertiary alicyclic amines) is 1. The van der Waals surface area contributed by atoms with Crippen molar-refractivity contribution in [2.75, 3.05) is 20.1 Å². The first-order valence-corrected chi connectivity index (χ1v) is 9.29. The Bertz CT molecular complexity index is 710. The van der Waals surface area contributed by atoms with Gasteiger partial charge in [0.2, 0.25) is 5.89 Å². The molecular weight excluding hydrogens is 312 g/mol. The summed E-state index contributed by atoms with van der Waals surface area (Å²) >= 11 is 0. The molecule has 0 bridgehead atoms. The Hall–Kier alpha value is -2.30. The van der Waals surface area contributed by atoms with Crippen LogP contribution in [0.1, 0.15) is 31.4 Å². The van der Waals surface area contributed by atoms with Crippen LogP contribution in [0.25, 0.3) is 11.5 Å². The lowest BCUT2D eigenvalue weighted by atomic mass is 9.82. The number of aromatic nitrogens is 1. The number of rotatable bonds is 3. The summed E-state index contributed by atoms with van der Waals surface area (Å²) in [4.78, 5) is 11.5. The van der Waals surface area contributed by atoms with Crippen molar-refractivity contribution >= 4 is 5.96 Å².